The van der Waals surface area contributed by atoms with Crippen LogP contribution in [0.25, 0.3) is 0 Å². The van der Waals surface area contributed by atoms with Crippen LogP contribution >= 0.6 is 24.0 Å². The lowest BCUT2D eigenvalue weighted by Crippen LogP contribution is -2.42. The Morgan fingerprint density at radius 1 is 1.18 bits per heavy atom. The van der Waals surface area contributed by atoms with Gasteiger partial charge in [-0.25, -0.2) is 0 Å². The number of fused-ring (bicyclic) bond motifs is 1. The Morgan fingerprint density at radius 2 is 1.93 bits per heavy atom. The van der Waals surface area contributed by atoms with Gasteiger partial charge in [-0.15, -0.1) is 12.4 Å². The number of carbonyl (C=O) groups is 2. The van der Waals surface area contributed by atoms with Gasteiger partial charge in [0.2, 0.25) is 11.8 Å². The van der Waals surface area contributed by atoms with Gasteiger partial charge in [-0.1, -0.05) is 23.7 Å². The molecule has 0 aromatic heterocycles. The summed E-state index contributed by atoms with van der Waals surface area (Å²) >= 11 is 6.05. The number of nitrogens with two attached hydrogens (primary N) is 1. The van der Waals surface area contributed by atoms with E-state index in [-0.39, 0.29) is 37.3 Å². The van der Waals surface area contributed by atoms with E-state index < -0.39 is 0 Å². The van der Waals surface area contributed by atoms with Crippen molar-refractivity contribution in [2.45, 2.75) is 19.8 Å². The van der Waals surface area contributed by atoms with Gasteiger partial charge in [0.15, 0.2) is 0 Å². The van der Waals surface area contributed by atoms with Crippen LogP contribution in [0.4, 0.5) is 17.1 Å². The lowest BCUT2D eigenvalue weighted by atomic mass is 10.00. The maximum absolute atomic E-state index is 12.3. The highest BCUT2D eigenvalue weighted by Gasteiger charge is 2.20. The van der Waals surface area contributed by atoms with E-state index in [1.807, 2.05) is 30.0 Å². The molecule has 0 atom stereocenters. The van der Waals surface area contributed by atoms with Crippen LogP contribution in [0.3, 0.4) is 0 Å². The molecular weight excluding hydrogens is 399 g/mol. The topological polar surface area (TPSA) is 87.5 Å². The maximum Gasteiger partial charge on any atom is 0.243 e. The third-order valence-corrected chi connectivity index (χ3v) is 5.11. The largest absolute Gasteiger partial charge is 0.398 e. The molecule has 28 heavy (non-hydrogen) atoms. The van der Waals surface area contributed by atoms with Crippen molar-refractivity contribution in [3.63, 3.8) is 0 Å². The molecule has 2 amide bonds. The number of carbonyl (C=O) groups excluding carboxylic acids is 2. The summed E-state index contributed by atoms with van der Waals surface area (Å²) in [6, 6.07) is 11.1. The van der Waals surface area contributed by atoms with Crippen molar-refractivity contribution in [2.24, 2.45) is 0 Å². The van der Waals surface area contributed by atoms with Gasteiger partial charge in [0, 0.05) is 28.6 Å². The average Bonchev–Trinajstić information content (AvgIpc) is 2.65. The molecule has 150 valence electrons. The number of hydrogen-bond donors (Lipinski definition) is 3. The number of nitrogens with one attached hydrogen (secondary N) is 2. The summed E-state index contributed by atoms with van der Waals surface area (Å²) < 4.78 is 0. The van der Waals surface area contributed by atoms with Crippen molar-refractivity contribution >= 4 is 52.9 Å². The van der Waals surface area contributed by atoms with Crippen molar-refractivity contribution in [3.8, 4) is 0 Å². The third kappa shape index (κ3) is 5.09. The van der Waals surface area contributed by atoms with E-state index in [1.165, 1.54) is 0 Å². The van der Waals surface area contributed by atoms with Crippen molar-refractivity contribution in [2.75, 3.05) is 35.6 Å². The first-order chi connectivity index (χ1) is 13.0. The minimum Gasteiger partial charge on any atom is -0.398 e. The Morgan fingerprint density at radius 3 is 2.71 bits per heavy atom. The minimum atomic E-state index is -0.294. The summed E-state index contributed by atoms with van der Waals surface area (Å²) in [7, 11) is 0. The van der Waals surface area contributed by atoms with Crippen molar-refractivity contribution in [3.05, 3.63) is 52.5 Å². The second-order valence-corrected chi connectivity index (χ2v) is 7.01. The smallest absolute Gasteiger partial charge is 0.243 e. The van der Waals surface area contributed by atoms with Crippen LogP contribution in [0.2, 0.25) is 5.02 Å². The highest BCUT2D eigenvalue weighted by Crippen LogP contribution is 2.30. The van der Waals surface area contributed by atoms with Crippen molar-refractivity contribution in [1.29, 1.82) is 0 Å². The zero-order valence-corrected chi connectivity index (χ0v) is 17.2. The lowest BCUT2D eigenvalue weighted by Gasteiger charge is -2.31. The highest BCUT2D eigenvalue weighted by molar-refractivity contribution is 6.31. The summed E-state index contributed by atoms with van der Waals surface area (Å²) in [5.41, 5.74) is 10.3. The summed E-state index contributed by atoms with van der Waals surface area (Å²) in [4.78, 5) is 26.4. The van der Waals surface area contributed by atoms with E-state index in [4.69, 9.17) is 17.3 Å². The molecule has 1 aliphatic rings. The summed E-state index contributed by atoms with van der Waals surface area (Å²) in [5, 5.41) is 6.02. The monoisotopic (exact) mass is 422 g/mol. The van der Waals surface area contributed by atoms with Crippen LogP contribution in [0.5, 0.6) is 0 Å². The number of halogens is 2. The Kier molecular flexibility index (Phi) is 7.54. The number of amides is 2. The van der Waals surface area contributed by atoms with Crippen LogP contribution in [-0.2, 0) is 16.0 Å². The highest BCUT2D eigenvalue weighted by atomic mass is 35.5. The Labute approximate surface area is 175 Å². The Hall–Kier alpha value is -2.44. The number of nitrogens with zero attached hydrogens (tertiary/aromatic N) is 1. The molecule has 0 radical (unpaired) electrons. The Bertz CT molecular complexity index is 873. The maximum atomic E-state index is 12.3. The van der Waals surface area contributed by atoms with Crippen LogP contribution in [0.1, 0.15) is 17.5 Å². The fourth-order valence-corrected chi connectivity index (χ4v) is 3.41. The molecule has 2 aromatic rings. The predicted octanol–water partition coefficient (Wildman–Crippen LogP) is 3.16. The molecule has 1 heterocycles. The summed E-state index contributed by atoms with van der Waals surface area (Å²) in [6.45, 7) is 2.72. The first kappa shape index (κ1) is 21.9. The summed E-state index contributed by atoms with van der Waals surface area (Å²) in [6.07, 6.45) is 1.87. The second kappa shape index (κ2) is 9.66. The SMILES string of the molecule is Cc1c(Cl)cccc1NC(=O)CNC(=O)CN1CCCc2c(N)cccc21.Cl. The van der Waals surface area contributed by atoms with E-state index in [0.717, 1.165) is 41.9 Å². The van der Waals surface area contributed by atoms with Gasteiger partial charge >= 0.3 is 0 Å². The lowest BCUT2D eigenvalue weighted by molar-refractivity contribution is -0.123. The number of anilines is 3. The molecule has 2 aromatic carbocycles. The molecule has 0 unspecified atom stereocenters. The molecule has 3 rings (SSSR count). The number of hydrogen-bond acceptors (Lipinski definition) is 4. The predicted molar refractivity (Wildman–Crippen MR) is 116 cm³/mol. The van der Waals surface area contributed by atoms with Crippen molar-refractivity contribution < 1.29 is 9.59 Å². The average molecular weight is 423 g/mol. The van der Waals surface area contributed by atoms with Crippen LogP contribution in [0.15, 0.2) is 36.4 Å². The van der Waals surface area contributed by atoms with Crippen molar-refractivity contribution in [1.82, 2.24) is 5.32 Å². The molecule has 0 aliphatic carbocycles. The number of rotatable bonds is 5. The molecule has 8 heteroatoms. The van der Waals surface area contributed by atoms with E-state index in [9.17, 15) is 9.59 Å². The van der Waals surface area contributed by atoms with E-state index in [2.05, 4.69) is 10.6 Å². The molecule has 0 bridgehead atoms. The van der Waals surface area contributed by atoms with E-state index in [1.54, 1.807) is 18.2 Å². The summed E-state index contributed by atoms with van der Waals surface area (Å²) in [5.74, 6) is -0.500. The van der Waals surface area contributed by atoms with E-state index >= 15 is 0 Å². The third-order valence-electron chi connectivity index (χ3n) is 4.71. The van der Waals surface area contributed by atoms with Gasteiger partial charge in [0.25, 0.3) is 0 Å². The van der Waals surface area contributed by atoms with Gasteiger partial charge < -0.3 is 21.3 Å². The molecule has 0 saturated carbocycles. The minimum absolute atomic E-state index is 0. The van der Waals surface area contributed by atoms with Gasteiger partial charge in [-0.05, 0) is 55.2 Å². The van der Waals surface area contributed by atoms with Crippen LogP contribution in [-0.4, -0.2) is 31.4 Å². The molecule has 6 nitrogen and oxygen atoms in total. The molecule has 4 N–H and O–H groups in total. The fraction of sp³-hybridized carbons (Fsp3) is 0.300. The number of benzene rings is 2. The van der Waals surface area contributed by atoms with E-state index in [0.29, 0.717) is 10.7 Å². The first-order valence-electron chi connectivity index (χ1n) is 8.89. The van der Waals surface area contributed by atoms with Gasteiger partial charge in [-0.2, -0.15) is 0 Å². The van der Waals surface area contributed by atoms with Gasteiger partial charge in [0.05, 0.1) is 13.1 Å². The second-order valence-electron chi connectivity index (χ2n) is 6.61. The molecule has 0 saturated heterocycles. The van der Waals surface area contributed by atoms with Gasteiger partial charge in [-0.3, -0.25) is 9.59 Å². The normalized spacial score (nSPS) is 12.6. The quantitative estimate of drug-likeness (QED) is 0.645. The van der Waals surface area contributed by atoms with Crippen LogP contribution in [0, 0.1) is 6.92 Å². The zero-order chi connectivity index (χ0) is 19.4. The molecule has 0 spiro atoms. The zero-order valence-electron chi connectivity index (χ0n) is 15.6. The molecular formula is C20H24Cl2N4O2. The van der Waals surface area contributed by atoms with Gasteiger partial charge in [0.1, 0.15) is 0 Å². The molecule has 0 fully saturated rings. The first-order valence-corrected chi connectivity index (χ1v) is 9.27. The van der Waals surface area contributed by atoms with Crippen LogP contribution < -0.4 is 21.3 Å². The fourth-order valence-electron chi connectivity index (χ4n) is 3.24. The standard InChI is InChI=1S/C20H23ClN4O2.ClH/c1-13-15(21)6-2-8-17(13)24-19(26)11-23-20(27)12-25-10-4-5-14-16(22)7-3-9-18(14)25;/h2-3,6-9H,4-5,10-12,22H2,1H3,(H,23,27)(H,24,26);1H. The number of nitrogen functional groups attached to an aromatic ring is 1. The Balaban J connectivity index is 0.00000280. The molecule has 1 aliphatic heterocycles.